The number of hydrogen-bond acceptors (Lipinski definition) is 4. The summed E-state index contributed by atoms with van der Waals surface area (Å²) in [6.07, 6.45) is 2.83. The first kappa shape index (κ1) is 13.5. The second-order valence-corrected chi connectivity index (χ2v) is 4.83. The lowest BCUT2D eigenvalue weighted by atomic mass is 10.3. The third-order valence-electron chi connectivity index (χ3n) is 3.29. The van der Waals surface area contributed by atoms with Gasteiger partial charge in [-0.25, -0.2) is 4.98 Å². The van der Waals surface area contributed by atoms with Crippen LogP contribution in [0.15, 0.2) is 30.5 Å². The fourth-order valence-electron chi connectivity index (χ4n) is 2.28. The maximum Gasteiger partial charge on any atom is 0.275 e. The Morgan fingerprint density at radius 3 is 2.95 bits per heavy atom. The quantitative estimate of drug-likeness (QED) is 0.905. The largest absolute Gasteiger partial charge is 0.494 e. The van der Waals surface area contributed by atoms with Crippen molar-refractivity contribution in [1.82, 2.24) is 9.55 Å². The highest BCUT2D eigenvalue weighted by Crippen LogP contribution is 2.18. The van der Waals surface area contributed by atoms with E-state index in [1.807, 2.05) is 35.8 Å². The van der Waals surface area contributed by atoms with Gasteiger partial charge in [0.15, 0.2) is 0 Å². The summed E-state index contributed by atoms with van der Waals surface area (Å²) < 4.78 is 7.34. The Kier molecular flexibility index (Phi) is 3.77. The Hall–Kier alpha value is -2.50. The van der Waals surface area contributed by atoms with E-state index in [0.717, 1.165) is 36.9 Å². The topological polar surface area (TPSA) is 68.2 Å². The molecule has 0 spiro atoms. The first-order valence-electron chi connectivity index (χ1n) is 7.11. The Bertz CT molecular complexity index is 610. The molecule has 0 fully saturated rings. The number of fused-ring (bicyclic) bond motifs is 1. The monoisotopic (exact) mass is 286 g/mol. The van der Waals surface area contributed by atoms with Crippen LogP contribution in [0.25, 0.3) is 0 Å². The number of nitrogens with one attached hydrogen (secondary N) is 2. The van der Waals surface area contributed by atoms with Crippen molar-refractivity contribution in [1.29, 1.82) is 0 Å². The van der Waals surface area contributed by atoms with E-state index in [4.69, 9.17) is 4.74 Å². The van der Waals surface area contributed by atoms with E-state index in [2.05, 4.69) is 15.6 Å². The van der Waals surface area contributed by atoms with Crippen LogP contribution in [0.3, 0.4) is 0 Å². The summed E-state index contributed by atoms with van der Waals surface area (Å²) in [5.41, 5.74) is 1.15. The number of carbonyl (C=O) groups excluding carboxylic acids is 1. The number of nitrogens with zero attached hydrogens (tertiary/aromatic N) is 2. The Balaban J connectivity index is 1.69. The number of carbonyl (C=O) groups is 1. The molecule has 1 amide bonds. The van der Waals surface area contributed by atoms with Crippen LogP contribution in [0.5, 0.6) is 5.75 Å². The first-order chi connectivity index (χ1) is 10.3. The molecule has 1 aromatic heterocycles. The van der Waals surface area contributed by atoms with E-state index in [1.54, 1.807) is 6.20 Å². The number of aromatic nitrogens is 2. The van der Waals surface area contributed by atoms with Gasteiger partial charge in [0.2, 0.25) is 5.95 Å². The SMILES string of the molecule is CCOc1ccc(NC(=O)c2cn3c(n2)NCCC3)cc1. The van der Waals surface area contributed by atoms with E-state index in [-0.39, 0.29) is 5.91 Å². The number of anilines is 2. The van der Waals surface area contributed by atoms with Gasteiger partial charge in [-0.05, 0) is 37.6 Å². The Labute approximate surface area is 123 Å². The van der Waals surface area contributed by atoms with E-state index >= 15 is 0 Å². The lowest BCUT2D eigenvalue weighted by Crippen LogP contribution is -2.16. The van der Waals surface area contributed by atoms with Crippen molar-refractivity contribution in [3.8, 4) is 5.75 Å². The zero-order valence-electron chi connectivity index (χ0n) is 11.9. The van der Waals surface area contributed by atoms with Crippen molar-refractivity contribution in [2.75, 3.05) is 23.8 Å². The molecule has 0 unspecified atom stereocenters. The van der Waals surface area contributed by atoms with E-state index in [1.165, 1.54) is 0 Å². The summed E-state index contributed by atoms with van der Waals surface area (Å²) >= 11 is 0. The number of amides is 1. The Morgan fingerprint density at radius 2 is 2.24 bits per heavy atom. The molecule has 1 aliphatic rings. The molecule has 0 aliphatic carbocycles. The molecule has 6 heteroatoms. The van der Waals surface area contributed by atoms with Gasteiger partial charge in [0.1, 0.15) is 11.4 Å². The minimum Gasteiger partial charge on any atom is -0.494 e. The molecule has 0 bridgehead atoms. The van der Waals surface area contributed by atoms with Crippen molar-refractivity contribution in [2.45, 2.75) is 19.9 Å². The lowest BCUT2D eigenvalue weighted by molar-refractivity contribution is 0.102. The molecular weight excluding hydrogens is 268 g/mol. The van der Waals surface area contributed by atoms with Crippen LogP contribution in [0, 0.1) is 0 Å². The molecule has 6 nitrogen and oxygen atoms in total. The van der Waals surface area contributed by atoms with Crippen molar-refractivity contribution >= 4 is 17.5 Å². The fourth-order valence-corrected chi connectivity index (χ4v) is 2.28. The average molecular weight is 286 g/mol. The predicted molar refractivity (Wildman–Crippen MR) is 80.9 cm³/mol. The number of aryl methyl sites for hydroxylation is 1. The van der Waals surface area contributed by atoms with Gasteiger partial charge in [-0.3, -0.25) is 4.79 Å². The van der Waals surface area contributed by atoms with Crippen molar-refractivity contribution in [3.63, 3.8) is 0 Å². The average Bonchev–Trinajstić information content (AvgIpc) is 2.94. The minimum absolute atomic E-state index is 0.206. The Morgan fingerprint density at radius 1 is 1.43 bits per heavy atom. The van der Waals surface area contributed by atoms with Crippen LogP contribution < -0.4 is 15.4 Å². The third kappa shape index (κ3) is 2.99. The van der Waals surface area contributed by atoms with Crippen LogP contribution in [0.2, 0.25) is 0 Å². The summed E-state index contributed by atoms with van der Waals surface area (Å²) in [4.78, 5) is 16.5. The number of benzene rings is 1. The second-order valence-electron chi connectivity index (χ2n) is 4.83. The van der Waals surface area contributed by atoms with Gasteiger partial charge in [0, 0.05) is 25.0 Å². The zero-order valence-corrected chi connectivity index (χ0v) is 11.9. The standard InChI is InChI=1S/C15H18N4O2/c1-2-21-12-6-4-11(5-7-12)17-14(20)13-10-19-9-3-8-16-15(19)18-13/h4-7,10H,2-3,8-9H2,1H3,(H,16,18)(H,17,20). The maximum absolute atomic E-state index is 12.2. The van der Waals surface area contributed by atoms with Gasteiger partial charge >= 0.3 is 0 Å². The summed E-state index contributed by atoms with van der Waals surface area (Å²) in [5, 5.41) is 6.02. The molecule has 0 atom stereocenters. The molecule has 2 aromatic rings. The highest BCUT2D eigenvalue weighted by Gasteiger charge is 2.16. The molecule has 3 rings (SSSR count). The van der Waals surface area contributed by atoms with Gasteiger partial charge < -0.3 is 19.9 Å². The van der Waals surface area contributed by atoms with Crippen LogP contribution in [0.1, 0.15) is 23.8 Å². The normalized spacial score (nSPS) is 13.2. The number of rotatable bonds is 4. The molecule has 0 radical (unpaired) electrons. The molecule has 1 aromatic carbocycles. The van der Waals surface area contributed by atoms with Crippen molar-refractivity contribution < 1.29 is 9.53 Å². The van der Waals surface area contributed by atoms with Gasteiger partial charge in [-0.1, -0.05) is 0 Å². The van der Waals surface area contributed by atoms with Crippen LogP contribution >= 0.6 is 0 Å². The zero-order chi connectivity index (χ0) is 14.7. The third-order valence-corrected chi connectivity index (χ3v) is 3.29. The van der Waals surface area contributed by atoms with E-state index < -0.39 is 0 Å². The van der Waals surface area contributed by atoms with Crippen LogP contribution in [-0.2, 0) is 6.54 Å². The number of hydrogen-bond donors (Lipinski definition) is 2. The maximum atomic E-state index is 12.2. The molecule has 2 heterocycles. The molecule has 2 N–H and O–H groups in total. The summed E-state index contributed by atoms with van der Waals surface area (Å²) in [6, 6.07) is 7.30. The smallest absolute Gasteiger partial charge is 0.275 e. The van der Waals surface area contributed by atoms with Crippen LogP contribution in [-0.4, -0.2) is 28.6 Å². The highest BCUT2D eigenvalue weighted by molar-refractivity contribution is 6.03. The van der Waals surface area contributed by atoms with E-state index in [9.17, 15) is 4.79 Å². The predicted octanol–water partition coefficient (Wildman–Crippen LogP) is 2.35. The molecule has 1 aliphatic heterocycles. The summed E-state index contributed by atoms with van der Waals surface area (Å²) in [6.45, 7) is 4.35. The summed E-state index contributed by atoms with van der Waals surface area (Å²) in [5.74, 6) is 1.35. The van der Waals surface area contributed by atoms with Crippen LogP contribution in [0.4, 0.5) is 11.6 Å². The minimum atomic E-state index is -0.206. The molecule has 110 valence electrons. The lowest BCUT2D eigenvalue weighted by Gasteiger charge is -2.14. The van der Waals surface area contributed by atoms with Gasteiger partial charge in [0.05, 0.1) is 6.61 Å². The summed E-state index contributed by atoms with van der Waals surface area (Å²) in [7, 11) is 0. The second kappa shape index (κ2) is 5.87. The number of ether oxygens (including phenoxy) is 1. The highest BCUT2D eigenvalue weighted by atomic mass is 16.5. The van der Waals surface area contributed by atoms with Gasteiger partial charge in [0.25, 0.3) is 5.91 Å². The van der Waals surface area contributed by atoms with E-state index in [0.29, 0.717) is 12.3 Å². The molecule has 21 heavy (non-hydrogen) atoms. The molecule has 0 saturated carbocycles. The fraction of sp³-hybridized carbons (Fsp3) is 0.333. The first-order valence-corrected chi connectivity index (χ1v) is 7.11. The molecule has 0 saturated heterocycles. The van der Waals surface area contributed by atoms with Crippen molar-refractivity contribution in [2.24, 2.45) is 0 Å². The van der Waals surface area contributed by atoms with Crippen molar-refractivity contribution in [3.05, 3.63) is 36.2 Å². The number of imidazole rings is 1. The van der Waals surface area contributed by atoms with Gasteiger partial charge in [-0.15, -0.1) is 0 Å². The van der Waals surface area contributed by atoms with Gasteiger partial charge in [-0.2, -0.15) is 0 Å². The molecular formula is C15H18N4O2.